The minimum atomic E-state index is -0.772. The highest BCUT2D eigenvalue weighted by Crippen LogP contribution is 2.30. The summed E-state index contributed by atoms with van der Waals surface area (Å²) >= 11 is 0. The first-order valence-corrected chi connectivity index (χ1v) is 11.7. The molecule has 1 aromatic heterocycles. The van der Waals surface area contributed by atoms with Crippen molar-refractivity contribution in [2.75, 3.05) is 13.7 Å². The Labute approximate surface area is 209 Å². The summed E-state index contributed by atoms with van der Waals surface area (Å²) in [6, 6.07) is 15.9. The second kappa shape index (κ2) is 11.4. The van der Waals surface area contributed by atoms with E-state index in [2.05, 4.69) is 16.8 Å². The van der Waals surface area contributed by atoms with Crippen molar-refractivity contribution in [3.05, 3.63) is 66.4 Å². The van der Waals surface area contributed by atoms with Crippen molar-refractivity contribution in [1.82, 2.24) is 9.88 Å². The minimum absolute atomic E-state index is 0.113. The van der Waals surface area contributed by atoms with Gasteiger partial charge in [0.1, 0.15) is 17.9 Å². The molecule has 2 unspecified atom stereocenters. The first-order chi connectivity index (χ1) is 17.4. The average Bonchev–Trinajstić information content (AvgIpc) is 3.32. The summed E-state index contributed by atoms with van der Waals surface area (Å²) in [5.41, 5.74) is 6.34. The van der Waals surface area contributed by atoms with Crippen molar-refractivity contribution in [2.24, 2.45) is 5.73 Å². The maximum atomic E-state index is 12.9. The molecule has 2 atom stereocenters. The number of benzene rings is 2. The van der Waals surface area contributed by atoms with E-state index < -0.39 is 18.1 Å². The van der Waals surface area contributed by atoms with Crippen LogP contribution in [-0.4, -0.2) is 53.3 Å². The Morgan fingerprint density at radius 3 is 2.67 bits per heavy atom. The molecule has 0 bridgehead atoms. The van der Waals surface area contributed by atoms with E-state index >= 15 is 0 Å². The van der Waals surface area contributed by atoms with Crippen LogP contribution in [-0.2, 0) is 14.4 Å². The third-order valence-electron chi connectivity index (χ3n) is 6.04. The first-order valence-electron chi connectivity index (χ1n) is 11.7. The second-order valence-electron chi connectivity index (χ2n) is 8.54. The van der Waals surface area contributed by atoms with E-state index in [0.717, 1.165) is 22.1 Å². The van der Waals surface area contributed by atoms with Gasteiger partial charge in [-0.25, -0.2) is 4.98 Å². The zero-order valence-corrected chi connectivity index (χ0v) is 20.0. The summed E-state index contributed by atoms with van der Waals surface area (Å²) in [4.78, 5) is 42.8. The highest BCUT2D eigenvalue weighted by molar-refractivity contribution is 5.96. The molecular weight excluding hydrogens is 458 g/mol. The van der Waals surface area contributed by atoms with Crippen molar-refractivity contribution in [2.45, 2.75) is 37.8 Å². The molecule has 4 rings (SSSR count). The van der Waals surface area contributed by atoms with Crippen molar-refractivity contribution in [3.8, 4) is 23.5 Å². The van der Waals surface area contributed by atoms with Gasteiger partial charge in [0, 0.05) is 36.4 Å². The van der Waals surface area contributed by atoms with Crippen LogP contribution in [0.2, 0.25) is 0 Å². The number of ether oxygens (including phenoxy) is 2. The number of fused-ring (bicyclic) bond motifs is 1. The van der Waals surface area contributed by atoms with Gasteiger partial charge in [0.2, 0.25) is 23.5 Å². The zero-order valence-electron chi connectivity index (χ0n) is 20.0. The Morgan fingerprint density at radius 1 is 1.11 bits per heavy atom. The van der Waals surface area contributed by atoms with Gasteiger partial charge >= 0.3 is 0 Å². The van der Waals surface area contributed by atoms with Crippen LogP contribution in [0.1, 0.15) is 31.2 Å². The van der Waals surface area contributed by atoms with Crippen LogP contribution in [0.4, 0.5) is 0 Å². The SMILES string of the molecule is COc1ccc2c(OC3CC(C(N)=O)N(C(=O)CCCC(=O)C#Cc4ccccc4)C3)nccc2c1. The molecule has 2 heterocycles. The molecule has 0 aliphatic carbocycles. The normalized spacial score (nSPS) is 16.8. The van der Waals surface area contributed by atoms with Crippen molar-refractivity contribution in [3.63, 3.8) is 0 Å². The van der Waals surface area contributed by atoms with Crippen LogP contribution < -0.4 is 15.2 Å². The van der Waals surface area contributed by atoms with Gasteiger partial charge < -0.3 is 20.1 Å². The molecule has 8 heteroatoms. The number of pyridine rings is 1. The second-order valence-corrected chi connectivity index (χ2v) is 8.54. The molecule has 0 spiro atoms. The maximum Gasteiger partial charge on any atom is 0.240 e. The molecule has 3 aromatic rings. The topological polar surface area (TPSA) is 112 Å². The Balaban J connectivity index is 1.36. The molecule has 1 saturated heterocycles. The number of ketones is 1. The van der Waals surface area contributed by atoms with Gasteiger partial charge in [-0.1, -0.05) is 24.1 Å². The van der Waals surface area contributed by atoms with Crippen LogP contribution in [0.3, 0.4) is 0 Å². The van der Waals surface area contributed by atoms with Crippen molar-refractivity contribution >= 4 is 28.4 Å². The number of likely N-dealkylation sites (tertiary alicyclic amines) is 1. The Bertz CT molecular complexity index is 1330. The van der Waals surface area contributed by atoms with E-state index in [-0.39, 0.29) is 37.5 Å². The van der Waals surface area contributed by atoms with Crippen LogP contribution in [0.25, 0.3) is 10.8 Å². The predicted molar refractivity (Wildman–Crippen MR) is 134 cm³/mol. The molecule has 8 nitrogen and oxygen atoms in total. The van der Waals surface area contributed by atoms with E-state index in [4.69, 9.17) is 15.2 Å². The zero-order chi connectivity index (χ0) is 25.5. The van der Waals surface area contributed by atoms with Crippen LogP contribution >= 0.6 is 0 Å². The van der Waals surface area contributed by atoms with Gasteiger partial charge in [0.15, 0.2) is 0 Å². The fourth-order valence-corrected chi connectivity index (χ4v) is 4.20. The molecular formula is C28H27N3O5. The smallest absolute Gasteiger partial charge is 0.240 e. The molecule has 1 aliphatic rings. The summed E-state index contributed by atoms with van der Waals surface area (Å²) in [6.45, 7) is 0.211. The Kier molecular flexibility index (Phi) is 7.81. The number of aromatic nitrogens is 1. The van der Waals surface area contributed by atoms with Crippen LogP contribution in [0.5, 0.6) is 11.6 Å². The first kappa shape index (κ1) is 24.7. The lowest BCUT2D eigenvalue weighted by Gasteiger charge is -2.21. The van der Waals surface area contributed by atoms with Gasteiger partial charge in [-0.3, -0.25) is 14.4 Å². The Morgan fingerprint density at radius 2 is 1.92 bits per heavy atom. The van der Waals surface area contributed by atoms with Crippen LogP contribution in [0, 0.1) is 11.8 Å². The molecule has 1 aliphatic heterocycles. The minimum Gasteiger partial charge on any atom is -0.497 e. The average molecular weight is 486 g/mol. The predicted octanol–water partition coefficient (Wildman–Crippen LogP) is 2.87. The third kappa shape index (κ3) is 5.99. The fourth-order valence-electron chi connectivity index (χ4n) is 4.20. The molecule has 0 saturated carbocycles. The van der Waals surface area contributed by atoms with Crippen molar-refractivity contribution < 1.29 is 23.9 Å². The molecule has 2 N–H and O–H groups in total. The van der Waals surface area contributed by atoms with E-state index in [0.29, 0.717) is 12.3 Å². The largest absolute Gasteiger partial charge is 0.497 e. The van der Waals surface area contributed by atoms with E-state index in [1.807, 2.05) is 54.6 Å². The highest BCUT2D eigenvalue weighted by Gasteiger charge is 2.39. The standard InChI is InChI=1S/C28H27N3O5/c1-35-22-12-13-24-20(16-22)14-15-30-28(24)36-23-17-25(27(29)34)31(18-23)26(33)9-5-8-21(32)11-10-19-6-3-2-4-7-19/h2-4,6-7,12-16,23,25H,5,8-9,17-18H2,1H3,(H2,29,34). The number of nitrogens with two attached hydrogens (primary N) is 1. The highest BCUT2D eigenvalue weighted by atomic mass is 16.5. The number of nitrogens with zero attached hydrogens (tertiary/aromatic N) is 2. The number of Topliss-reactive ketones (excluding diaryl/α,β-unsaturated/α-hetero) is 1. The summed E-state index contributed by atoms with van der Waals surface area (Å²) in [7, 11) is 1.60. The lowest BCUT2D eigenvalue weighted by molar-refractivity contribution is -0.137. The summed E-state index contributed by atoms with van der Waals surface area (Å²) < 4.78 is 11.4. The number of methoxy groups -OCH3 is 1. The number of primary amides is 1. The number of rotatable bonds is 8. The molecule has 2 amide bonds. The number of carbonyl (C=O) groups is 3. The maximum absolute atomic E-state index is 12.9. The molecule has 2 aromatic carbocycles. The van der Waals surface area contributed by atoms with Gasteiger partial charge in [-0.05, 0) is 54.1 Å². The van der Waals surface area contributed by atoms with Gasteiger partial charge in [0.25, 0.3) is 0 Å². The lowest BCUT2D eigenvalue weighted by Crippen LogP contribution is -2.43. The monoisotopic (exact) mass is 485 g/mol. The van der Waals surface area contributed by atoms with Gasteiger partial charge in [0.05, 0.1) is 13.7 Å². The summed E-state index contributed by atoms with van der Waals surface area (Å²) in [5.74, 6) is 5.49. The third-order valence-corrected chi connectivity index (χ3v) is 6.04. The van der Waals surface area contributed by atoms with Crippen molar-refractivity contribution in [1.29, 1.82) is 0 Å². The molecule has 1 fully saturated rings. The molecule has 184 valence electrons. The fraction of sp³-hybridized carbons (Fsp3) is 0.286. The molecule has 36 heavy (non-hydrogen) atoms. The lowest BCUT2D eigenvalue weighted by atomic mass is 10.1. The quantitative estimate of drug-likeness (QED) is 0.491. The Hall–Kier alpha value is -4.38. The molecule has 0 radical (unpaired) electrons. The van der Waals surface area contributed by atoms with E-state index in [1.165, 1.54) is 4.90 Å². The van der Waals surface area contributed by atoms with Gasteiger partial charge in [-0.15, -0.1) is 0 Å². The van der Waals surface area contributed by atoms with E-state index in [9.17, 15) is 14.4 Å². The summed E-state index contributed by atoms with van der Waals surface area (Å²) in [5, 5.41) is 1.70. The number of amides is 2. The van der Waals surface area contributed by atoms with Crippen LogP contribution in [0.15, 0.2) is 60.8 Å². The number of carbonyl (C=O) groups excluding carboxylic acids is 3. The van der Waals surface area contributed by atoms with E-state index in [1.54, 1.807) is 13.3 Å². The van der Waals surface area contributed by atoms with Gasteiger partial charge in [-0.2, -0.15) is 0 Å². The summed E-state index contributed by atoms with van der Waals surface area (Å²) in [6.07, 6.45) is 2.08. The number of hydrogen-bond acceptors (Lipinski definition) is 6. The number of hydrogen-bond donors (Lipinski definition) is 1.